The number of nitrogens with zero attached hydrogens (tertiary/aromatic N) is 2. The minimum Gasteiger partial charge on any atom is -0.464 e. The first-order chi connectivity index (χ1) is 17.4. The molecule has 38 heavy (non-hydrogen) atoms. The van der Waals surface area contributed by atoms with Crippen molar-refractivity contribution in [3.8, 4) is 6.07 Å². The van der Waals surface area contributed by atoms with Gasteiger partial charge in [0.25, 0.3) is 0 Å². The number of hydrogen-bond acceptors (Lipinski definition) is 6. The van der Waals surface area contributed by atoms with Gasteiger partial charge in [0.1, 0.15) is 12.2 Å². The van der Waals surface area contributed by atoms with Crippen molar-refractivity contribution < 1.29 is 53.4 Å². The molecule has 0 radical (unpaired) electrons. The van der Waals surface area contributed by atoms with Crippen LogP contribution in [0.4, 0.5) is 4.79 Å². The number of amides is 1. The molecule has 8 heteroatoms. The van der Waals surface area contributed by atoms with Crippen LogP contribution in [0.1, 0.15) is 78.4 Å². The molecule has 1 aliphatic heterocycles. The van der Waals surface area contributed by atoms with Gasteiger partial charge in [-0.1, -0.05) is 27.7 Å². The Hall–Kier alpha value is -2.11. The molecule has 0 saturated heterocycles. The molecule has 0 saturated carbocycles. The Morgan fingerprint density at radius 3 is 2.45 bits per heavy atom. The van der Waals surface area contributed by atoms with Crippen molar-refractivity contribution in [3.05, 3.63) is 58.7 Å². The summed E-state index contributed by atoms with van der Waals surface area (Å²) in [6.07, 6.45) is 6.82. The van der Waals surface area contributed by atoms with Gasteiger partial charge in [0.05, 0.1) is 18.7 Å². The van der Waals surface area contributed by atoms with Crippen LogP contribution in [0, 0.1) is 36.5 Å². The van der Waals surface area contributed by atoms with Gasteiger partial charge < -0.3 is 42.4 Å². The summed E-state index contributed by atoms with van der Waals surface area (Å²) in [5, 5.41) is 9.66. The Balaban J connectivity index is 0.00000104. The molecule has 1 unspecified atom stereocenters. The normalized spacial score (nSPS) is 15.4. The van der Waals surface area contributed by atoms with Gasteiger partial charge in [0.15, 0.2) is 0 Å². The number of nitriles is 1. The molecule has 7 nitrogen and oxygen atoms in total. The van der Waals surface area contributed by atoms with E-state index in [4.69, 9.17) is 14.2 Å². The van der Waals surface area contributed by atoms with E-state index in [2.05, 4.69) is 57.2 Å². The van der Waals surface area contributed by atoms with Crippen molar-refractivity contribution >= 4 is 12.1 Å². The second-order valence-corrected chi connectivity index (χ2v) is 9.81. The predicted octanol–water partition coefficient (Wildman–Crippen LogP) is 2.89. The van der Waals surface area contributed by atoms with Crippen molar-refractivity contribution in [2.45, 2.75) is 85.8 Å². The SMILES string of the molecule is CC[C-]=C(COCC(=O)OCC)C1=[C-]CCN(C(=O)OC(C)(C)C)C1C#N.Cc1[c-]ccc(C(C)C)c1.[Na+]. The summed E-state index contributed by atoms with van der Waals surface area (Å²) >= 11 is 0. The van der Waals surface area contributed by atoms with Crippen LogP contribution in [0.25, 0.3) is 0 Å². The zero-order chi connectivity index (χ0) is 28.0. The number of esters is 1. The van der Waals surface area contributed by atoms with Crippen LogP contribution < -0.4 is 29.6 Å². The number of benzene rings is 1. The Bertz CT molecular complexity index is 989. The summed E-state index contributed by atoms with van der Waals surface area (Å²) in [6.45, 7) is 16.0. The first-order valence-electron chi connectivity index (χ1n) is 12.7. The second-order valence-electron chi connectivity index (χ2n) is 9.81. The molecule has 1 atom stereocenters. The molecule has 1 aromatic rings. The molecule has 0 aliphatic carbocycles. The summed E-state index contributed by atoms with van der Waals surface area (Å²) in [4.78, 5) is 25.3. The van der Waals surface area contributed by atoms with Crippen LogP contribution in [0.3, 0.4) is 0 Å². The van der Waals surface area contributed by atoms with Crippen molar-refractivity contribution in [3.63, 3.8) is 0 Å². The summed E-state index contributed by atoms with van der Waals surface area (Å²) in [6, 6.07) is 10.7. The molecule has 204 valence electrons. The summed E-state index contributed by atoms with van der Waals surface area (Å²) in [7, 11) is 0. The topological polar surface area (TPSA) is 88.9 Å². The maximum atomic E-state index is 12.5. The molecule has 0 bridgehead atoms. The van der Waals surface area contributed by atoms with E-state index in [-0.39, 0.29) is 49.4 Å². The molecular formula is C30H41N2NaO5-2. The van der Waals surface area contributed by atoms with Gasteiger partial charge >= 0.3 is 41.6 Å². The number of carbonyl (C=O) groups is 2. The summed E-state index contributed by atoms with van der Waals surface area (Å²) in [5.74, 6) is 0.176. The molecular weight excluding hydrogens is 491 g/mol. The largest absolute Gasteiger partial charge is 1.00 e. The van der Waals surface area contributed by atoms with Crippen LogP contribution in [0.15, 0.2) is 29.3 Å². The molecule has 1 amide bonds. The van der Waals surface area contributed by atoms with Crippen LogP contribution in [-0.4, -0.2) is 55.0 Å². The molecule has 0 fully saturated rings. The number of aryl methyl sites for hydroxylation is 1. The van der Waals surface area contributed by atoms with E-state index >= 15 is 0 Å². The Morgan fingerprint density at radius 1 is 1.26 bits per heavy atom. The van der Waals surface area contributed by atoms with Gasteiger partial charge in [-0.25, -0.2) is 9.59 Å². The van der Waals surface area contributed by atoms with Crippen LogP contribution >= 0.6 is 0 Å². The fraction of sp³-hybridized carbons (Fsp3) is 0.567. The zero-order valence-corrected chi connectivity index (χ0v) is 26.6. The maximum Gasteiger partial charge on any atom is 1.00 e. The van der Waals surface area contributed by atoms with Crippen LogP contribution in [0.2, 0.25) is 0 Å². The quantitative estimate of drug-likeness (QED) is 0.291. The Labute approximate surface area is 251 Å². The third kappa shape index (κ3) is 13.1. The minimum atomic E-state index is -0.839. The Kier molecular flexibility index (Phi) is 17.2. The third-order valence-corrected chi connectivity index (χ3v) is 5.13. The van der Waals surface area contributed by atoms with E-state index in [0.29, 0.717) is 36.5 Å². The monoisotopic (exact) mass is 532 g/mol. The van der Waals surface area contributed by atoms with E-state index in [0.717, 1.165) is 0 Å². The number of allylic oxidation sites excluding steroid dienone is 1. The smallest absolute Gasteiger partial charge is 0.464 e. The molecule has 1 heterocycles. The molecule has 0 spiro atoms. The molecule has 2 rings (SSSR count). The first-order valence-corrected chi connectivity index (χ1v) is 12.7. The van der Waals surface area contributed by atoms with E-state index in [1.54, 1.807) is 27.7 Å². The molecule has 0 N–H and O–H groups in total. The molecule has 1 aromatic carbocycles. The van der Waals surface area contributed by atoms with Crippen LogP contribution in [-0.2, 0) is 19.0 Å². The van der Waals surface area contributed by atoms with Crippen molar-refractivity contribution in [2.75, 3.05) is 26.4 Å². The van der Waals surface area contributed by atoms with E-state index in [1.165, 1.54) is 16.0 Å². The van der Waals surface area contributed by atoms with E-state index in [9.17, 15) is 14.9 Å². The Morgan fingerprint density at radius 2 is 1.95 bits per heavy atom. The molecule has 1 aliphatic rings. The first kappa shape index (κ1) is 35.9. The zero-order valence-electron chi connectivity index (χ0n) is 24.6. The molecule has 0 aromatic heterocycles. The summed E-state index contributed by atoms with van der Waals surface area (Å²) < 4.78 is 15.6. The third-order valence-electron chi connectivity index (χ3n) is 5.13. The van der Waals surface area contributed by atoms with Crippen LogP contribution in [0.5, 0.6) is 0 Å². The fourth-order valence-corrected chi connectivity index (χ4v) is 3.46. The van der Waals surface area contributed by atoms with Gasteiger partial charge in [-0.2, -0.15) is 40.7 Å². The average molecular weight is 533 g/mol. The number of carbonyl (C=O) groups excluding carboxylic acids is 2. The van der Waals surface area contributed by atoms with Gasteiger partial charge in [-0.05, 0) is 40.2 Å². The van der Waals surface area contributed by atoms with Gasteiger partial charge in [0, 0.05) is 6.54 Å². The fourth-order valence-electron chi connectivity index (χ4n) is 3.46. The minimum absolute atomic E-state index is 0. The van der Waals surface area contributed by atoms with E-state index < -0.39 is 23.7 Å². The number of hydrogen-bond donors (Lipinski definition) is 0. The predicted molar refractivity (Wildman–Crippen MR) is 142 cm³/mol. The van der Waals surface area contributed by atoms with Crippen molar-refractivity contribution in [2.24, 2.45) is 0 Å². The standard InChI is InChI=1S/C20H28N2O5.C10H13.Na/c1-6-9-15(13-25-14-18(23)26-7-2)16-10-8-11-22(17(16)12-21)19(24)27-20(3,4)5;1-8(2)10-6-4-5-9(3)7-10;/h17H,6-8,11,13-14H2,1-5H3;4,6-8H,1-3H3;/q-2;-1;+1. The second kappa shape index (κ2) is 18.2. The van der Waals surface area contributed by atoms with Crippen molar-refractivity contribution in [1.82, 2.24) is 4.90 Å². The average Bonchev–Trinajstić information content (AvgIpc) is 2.82. The number of ether oxygens (including phenoxy) is 3. The maximum absolute atomic E-state index is 12.5. The number of rotatable bonds is 8. The van der Waals surface area contributed by atoms with Gasteiger partial charge in [0.2, 0.25) is 0 Å². The van der Waals surface area contributed by atoms with Gasteiger partial charge in [-0.15, -0.1) is 12.8 Å². The summed E-state index contributed by atoms with van der Waals surface area (Å²) in [5.41, 5.74) is 3.13. The van der Waals surface area contributed by atoms with E-state index in [1.807, 2.05) is 13.0 Å². The van der Waals surface area contributed by atoms with Crippen molar-refractivity contribution in [1.29, 1.82) is 5.26 Å². The van der Waals surface area contributed by atoms with Gasteiger partial charge in [-0.3, -0.25) is 0 Å².